The Kier molecular flexibility index (Phi) is 3.93. The molecule has 0 saturated carbocycles. The summed E-state index contributed by atoms with van der Waals surface area (Å²) in [5.74, 6) is 0.732. The van der Waals surface area contributed by atoms with Crippen LogP contribution in [0.5, 0.6) is 11.5 Å². The summed E-state index contributed by atoms with van der Waals surface area (Å²) in [5.41, 5.74) is 3.60. The van der Waals surface area contributed by atoms with Crippen LogP contribution in [0.25, 0.3) is 11.0 Å². The number of ether oxygens (including phenoxy) is 2. The van der Waals surface area contributed by atoms with Crippen LogP contribution < -0.4 is 9.47 Å². The minimum absolute atomic E-state index is 0.433. The van der Waals surface area contributed by atoms with E-state index in [1.165, 1.54) is 0 Å². The van der Waals surface area contributed by atoms with Gasteiger partial charge in [-0.05, 0) is 56.3 Å². The lowest BCUT2D eigenvalue weighted by Crippen LogP contribution is -2.08. The van der Waals surface area contributed by atoms with Crippen molar-refractivity contribution in [2.24, 2.45) is 0 Å². The molecule has 0 atom stereocenters. The Labute approximate surface area is 133 Å². The predicted octanol–water partition coefficient (Wildman–Crippen LogP) is 3.47. The minimum atomic E-state index is -0.433. The lowest BCUT2D eigenvalue weighted by Gasteiger charge is -2.07. The van der Waals surface area contributed by atoms with E-state index in [-0.39, 0.29) is 0 Å². The zero-order valence-electron chi connectivity index (χ0n) is 13.2. The molecule has 0 unspecified atom stereocenters. The van der Waals surface area contributed by atoms with E-state index in [2.05, 4.69) is 9.97 Å². The number of aromatic nitrogens is 2. The first-order valence-corrected chi connectivity index (χ1v) is 7.18. The van der Waals surface area contributed by atoms with Crippen molar-refractivity contribution < 1.29 is 14.3 Å². The Morgan fingerprint density at radius 1 is 0.870 bits per heavy atom. The molecule has 1 aromatic heterocycles. The van der Waals surface area contributed by atoms with Crippen LogP contribution in [-0.4, -0.2) is 23.0 Å². The third kappa shape index (κ3) is 3.13. The van der Waals surface area contributed by atoms with Crippen LogP contribution in [0.1, 0.15) is 21.7 Å². The molecule has 0 bridgehead atoms. The predicted molar refractivity (Wildman–Crippen MR) is 87.0 cm³/mol. The Morgan fingerprint density at radius 2 is 1.48 bits per heavy atom. The van der Waals surface area contributed by atoms with Crippen molar-refractivity contribution in [1.29, 1.82) is 0 Å². The average molecular weight is 308 g/mol. The van der Waals surface area contributed by atoms with Gasteiger partial charge in [-0.1, -0.05) is 0 Å². The second kappa shape index (κ2) is 6.04. The minimum Gasteiger partial charge on any atom is -0.497 e. The molecule has 1 heterocycles. The van der Waals surface area contributed by atoms with Gasteiger partial charge in [0.15, 0.2) is 0 Å². The Bertz CT molecular complexity index is 873. The SMILES string of the molecule is COc1ccc(OC(=O)c2ccc3nc(C)c(C)nc3c2)cc1. The molecule has 0 aliphatic rings. The van der Waals surface area contributed by atoms with Gasteiger partial charge in [-0.2, -0.15) is 0 Å². The molecule has 3 rings (SSSR count). The van der Waals surface area contributed by atoms with Gasteiger partial charge in [0, 0.05) is 0 Å². The summed E-state index contributed by atoms with van der Waals surface area (Å²) >= 11 is 0. The van der Waals surface area contributed by atoms with Crippen molar-refractivity contribution in [1.82, 2.24) is 9.97 Å². The number of aryl methyl sites for hydroxylation is 2. The van der Waals surface area contributed by atoms with E-state index in [0.29, 0.717) is 22.6 Å². The third-order valence-electron chi connectivity index (χ3n) is 3.58. The van der Waals surface area contributed by atoms with Gasteiger partial charge in [-0.25, -0.2) is 14.8 Å². The molecule has 0 amide bonds. The Morgan fingerprint density at radius 3 is 2.13 bits per heavy atom. The van der Waals surface area contributed by atoms with Gasteiger partial charge in [0.2, 0.25) is 0 Å². The fourth-order valence-corrected chi connectivity index (χ4v) is 2.17. The topological polar surface area (TPSA) is 61.3 Å². The van der Waals surface area contributed by atoms with Crippen LogP contribution in [0.4, 0.5) is 0 Å². The standard InChI is InChI=1S/C18H16N2O3/c1-11-12(2)20-17-10-13(4-9-16(17)19-11)18(21)23-15-7-5-14(22-3)6-8-15/h4-10H,1-3H3. The molecule has 0 N–H and O–H groups in total. The molecule has 23 heavy (non-hydrogen) atoms. The van der Waals surface area contributed by atoms with E-state index < -0.39 is 5.97 Å². The summed E-state index contributed by atoms with van der Waals surface area (Å²) in [7, 11) is 1.58. The van der Waals surface area contributed by atoms with E-state index in [1.807, 2.05) is 13.8 Å². The van der Waals surface area contributed by atoms with Crippen molar-refractivity contribution in [3.05, 3.63) is 59.4 Å². The molecule has 2 aromatic carbocycles. The van der Waals surface area contributed by atoms with Gasteiger partial charge in [0.05, 0.1) is 35.1 Å². The molecule has 3 aromatic rings. The van der Waals surface area contributed by atoms with Gasteiger partial charge < -0.3 is 9.47 Å². The zero-order valence-corrected chi connectivity index (χ0v) is 13.2. The van der Waals surface area contributed by atoms with E-state index in [4.69, 9.17) is 9.47 Å². The molecule has 116 valence electrons. The first-order valence-electron chi connectivity index (χ1n) is 7.18. The molecule has 5 nitrogen and oxygen atoms in total. The third-order valence-corrected chi connectivity index (χ3v) is 3.58. The summed E-state index contributed by atoms with van der Waals surface area (Å²) < 4.78 is 10.4. The molecule has 0 aliphatic carbocycles. The number of carbonyl (C=O) groups excluding carboxylic acids is 1. The highest BCUT2D eigenvalue weighted by molar-refractivity contribution is 5.94. The van der Waals surface area contributed by atoms with Gasteiger partial charge in [-0.3, -0.25) is 0 Å². The van der Waals surface area contributed by atoms with Gasteiger partial charge in [0.1, 0.15) is 11.5 Å². The number of hydrogen-bond acceptors (Lipinski definition) is 5. The van der Waals surface area contributed by atoms with Gasteiger partial charge >= 0.3 is 5.97 Å². The monoisotopic (exact) mass is 308 g/mol. The van der Waals surface area contributed by atoms with Gasteiger partial charge in [-0.15, -0.1) is 0 Å². The average Bonchev–Trinajstić information content (AvgIpc) is 2.56. The summed E-state index contributed by atoms with van der Waals surface area (Å²) in [5, 5.41) is 0. The van der Waals surface area contributed by atoms with Gasteiger partial charge in [0.25, 0.3) is 0 Å². The number of benzene rings is 2. The maximum absolute atomic E-state index is 12.3. The number of hydrogen-bond donors (Lipinski definition) is 0. The van der Waals surface area contributed by atoms with Crippen LogP contribution in [0.3, 0.4) is 0 Å². The number of methoxy groups -OCH3 is 1. The molecular formula is C18H16N2O3. The lowest BCUT2D eigenvalue weighted by atomic mass is 10.2. The van der Waals surface area contributed by atoms with E-state index >= 15 is 0 Å². The largest absolute Gasteiger partial charge is 0.497 e. The van der Waals surface area contributed by atoms with E-state index in [9.17, 15) is 4.79 Å². The smallest absolute Gasteiger partial charge is 0.343 e. The first-order chi connectivity index (χ1) is 11.1. The highest BCUT2D eigenvalue weighted by atomic mass is 16.5. The number of fused-ring (bicyclic) bond motifs is 1. The number of esters is 1. The second-order valence-electron chi connectivity index (χ2n) is 5.16. The van der Waals surface area contributed by atoms with Crippen molar-refractivity contribution in [3.63, 3.8) is 0 Å². The molecular weight excluding hydrogens is 292 g/mol. The Balaban J connectivity index is 1.86. The summed E-state index contributed by atoms with van der Waals surface area (Å²) in [6, 6.07) is 12.0. The quantitative estimate of drug-likeness (QED) is 0.547. The normalized spacial score (nSPS) is 10.6. The van der Waals surface area contributed by atoms with Crippen LogP contribution in [0.15, 0.2) is 42.5 Å². The summed E-state index contributed by atoms with van der Waals surface area (Å²) in [6.07, 6.45) is 0. The summed E-state index contributed by atoms with van der Waals surface area (Å²) in [6.45, 7) is 3.80. The molecule has 0 aliphatic heterocycles. The van der Waals surface area contributed by atoms with Crippen LogP contribution >= 0.6 is 0 Å². The number of carbonyl (C=O) groups is 1. The number of nitrogens with zero attached hydrogens (tertiary/aromatic N) is 2. The van der Waals surface area contributed by atoms with Crippen LogP contribution in [0, 0.1) is 13.8 Å². The molecule has 0 spiro atoms. The van der Waals surface area contributed by atoms with Crippen molar-refractivity contribution >= 4 is 17.0 Å². The second-order valence-corrected chi connectivity index (χ2v) is 5.16. The van der Waals surface area contributed by atoms with E-state index in [0.717, 1.165) is 16.9 Å². The fourth-order valence-electron chi connectivity index (χ4n) is 2.17. The molecule has 0 radical (unpaired) electrons. The first kappa shape index (κ1) is 15.0. The van der Waals surface area contributed by atoms with Crippen LogP contribution in [0.2, 0.25) is 0 Å². The molecule has 0 saturated heterocycles. The number of rotatable bonds is 3. The van der Waals surface area contributed by atoms with Crippen molar-refractivity contribution in [2.45, 2.75) is 13.8 Å². The lowest BCUT2D eigenvalue weighted by molar-refractivity contribution is 0.0735. The maximum atomic E-state index is 12.3. The van der Waals surface area contributed by atoms with Crippen molar-refractivity contribution in [2.75, 3.05) is 7.11 Å². The highest BCUT2D eigenvalue weighted by Gasteiger charge is 2.11. The highest BCUT2D eigenvalue weighted by Crippen LogP contribution is 2.20. The van der Waals surface area contributed by atoms with Crippen molar-refractivity contribution in [3.8, 4) is 11.5 Å². The van der Waals surface area contributed by atoms with E-state index in [1.54, 1.807) is 49.6 Å². The molecule has 0 fully saturated rings. The zero-order chi connectivity index (χ0) is 16.4. The maximum Gasteiger partial charge on any atom is 0.343 e. The fraction of sp³-hybridized carbons (Fsp3) is 0.167. The summed E-state index contributed by atoms with van der Waals surface area (Å²) in [4.78, 5) is 21.2. The Hall–Kier alpha value is -2.95. The molecule has 5 heteroatoms. The van der Waals surface area contributed by atoms with Crippen LogP contribution in [-0.2, 0) is 0 Å².